The molecule has 1 amide bonds. The standard InChI is InChI=1S/C11H9ClN2O2/c12-6-11(16)14-9-3-1-2-8-7(9)4-5-10(15)13-8/h1-5H,6H2,(H,13,15)(H,14,16). The number of aromatic nitrogens is 1. The second-order valence-electron chi connectivity index (χ2n) is 3.27. The number of nitrogens with one attached hydrogen (secondary N) is 2. The highest BCUT2D eigenvalue weighted by molar-refractivity contribution is 6.29. The minimum Gasteiger partial charge on any atom is -0.324 e. The molecular weight excluding hydrogens is 228 g/mol. The van der Waals surface area contributed by atoms with Crippen LogP contribution in [0.1, 0.15) is 0 Å². The molecule has 2 aromatic rings. The number of amides is 1. The fraction of sp³-hybridized carbons (Fsp3) is 0.0909. The summed E-state index contributed by atoms with van der Waals surface area (Å²) >= 11 is 5.41. The van der Waals surface area contributed by atoms with Gasteiger partial charge in [-0.25, -0.2) is 0 Å². The summed E-state index contributed by atoms with van der Waals surface area (Å²) in [5.41, 5.74) is 1.15. The zero-order chi connectivity index (χ0) is 11.5. The van der Waals surface area contributed by atoms with E-state index in [0.29, 0.717) is 11.2 Å². The van der Waals surface area contributed by atoms with Crippen LogP contribution in [-0.4, -0.2) is 16.8 Å². The van der Waals surface area contributed by atoms with Crippen LogP contribution in [0.5, 0.6) is 0 Å². The lowest BCUT2D eigenvalue weighted by molar-refractivity contribution is -0.113. The Bertz CT molecular complexity index is 592. The molecule has 16 heavy (non-hydrogen) atoms. The number of carbonyl (C=O) groups is 1. The fourth-order valence-corrected chi connectivity index (χ4v) is 1.55. The van der Waals surface area contributed by atoms with Crippen LogP contribution in [-0.2, 0) is 4.79 Å². The Balaban J connectivity index is 2.53. The monoisotopic (exact) mass is 236 g/mol. The van der Waals surface area contributed by atoms with Crippen LogP contribution in [0.15, 0.2) is 35.1 Å². The first kappa shape index (κ1) is 10.7. The smallest absolute Gasteiger partial charge is 0.248 e. The van der Waals surface area contributed by atoms with E-state index in [4.69, 9.17) is 11.6 Å². The number of hydrogen-bond donors (Lipinski definition) is 2. The third-order valence-electron chi connectivity index (χ3n) is 2.16. The summed E-state index contributed by atoms with van der Waals surface area (Å²) in [6, 6.07) is 8.36. The van der Waals surface area contributed by atoms with Crippen molar-refractivity contribution in [2.24, 2.45) is 0 Å². The van der Waals surface area contributed by atoms with E-state index in [-0.39, 0.29) is 17.3 Å². The first-order chi connectivity index (χ1) is 7.70. The van der Waals surface area contributed by atoms with E-state index < -0.39 is 0 Å². The lowest BCUT2D eigenvalue weighted by Gasteiger charge is -2.06. The minimum absolute atomic E-state index is 0.0975. The van der Waals surface area contributed by atoms with Gasteiger partial charge in [0.1, 0.15) is 5.88 Å². The molecule has 0 fully saturated rings. The molecule has 0 unspecified atom stereocenters. The molecule has 1 aromatic heterocycles. The third kappa shape index (κ3) is 2.06. The van der Waals surface area contributed by atoms with E-state index in [2.05, 4.69) is 10.3 Å². The summed E-state index contributed by atoms with van der Waals surface area (Å²) in [5, 5.41) is 3.44. The highest BCUT2D eigenvalue weighted by Gasteiger charge is 2.04. The molecule has 0 aliphatic rings. The molecule has 0 saturated heterocycles. The quantitative estimate of drug-likeness (QED) is 0.780. The summed E-state index contributed by atoms with van der Waals surface area (Å²) in [6.07, 6.45) is 0. The largest absolute Gasteiger partial charge is 0.324 e. The third-order valence-corrected chi connectivity index (χ3v) is 2.40. The normalized spacial score (nSPS) is 10.3. The molecule has 0 atom stereocenters. The summed E-state index contributed by atoms with van der Waals surface area (Å²) in [7, 11) is 0. The van der Waals surface area contributed by atoms with Crippen molar-refractivity contribution in [1.29, 1.82) is 0 Å². The average Bonchev–Trinajstić information content (AvgIpc) is 2.28. The van der Waals surface area contributed by atoms with Gasteiger partial charge in [-0.05, 0) is 18.2 Å². The molecule has 0 bridgehead atoms. The molecule has 82 valence electrons. The molecule has 2 rings (SSSR count). The van der Waals surface area contributed by atoms with E-state index in [1.165, 1.54) is 6.07 Å². The van der Waals surface area contributed by atoms with E-state index in [0.717, 1.165) is 5.39 Å². The minimum atomic E-state index is -0.277. The van der Waals surface area contributed by atoms with Crippen molar-refractivity contribution >= 4 is 34.1 Å². The highest BCUT2D eigenvalue weighted by atomic mass is 35.5. The van der Waals surface area contributed by atoms with Crippen molar-refractivity contribution in [3.63, 3.8) is 0 Å². The van der Waals surface area contributed by atoms with Gasteiger partial charge in [0, 0.05) is 11.5 Å². The van der Waals surface area contributed by atoms with Crippen molar-refractivity contribution < 1.29 is 4.79 Å². The van der Waals surface area contributed by atoms with Crippen LogP contribution in [0.3, 0.4) is 0 Å². The topological polar surface area (TPSA) is 62.0 Å². The number of benzene rings is 1. The molecule has 0 aliphatic carbocycles. The SMILES string of the molecule is O=C(CCl)Nc1cccc2[nH]c(=O)ccc12. The van der Waals surface area contributed by atoms with Gasteiger partial charge in [0.25, 0.3) is 0 Å². The Labute approximate surface area is 96.2 Å². The Morgan fingerprint density at radius 3 is 2.88 bits per heavy atom. The summed E-state index contributed by atoms with van der Waals surface area (Å²) in [5.74, 6) is -0.375. The van der Waals surface area contributed by atoms with Crippen LogP contribution in [0.4, 0.5) is 5.69 Å². The van der Waals surface area contributed by atoms with Gasteiger partial charge in [-0.2, -0.15) is 0 Å². The number of rotatable bonds is 2. The molecule has 1 aromatic carbocycles. The van der Waals surface area contributed by atoms with Gasteiger partial charge in [-0.1, -0.05) is 6.07 Å². The fourth-order valence-electron chi connectivity index (χ4n) is 1.48. The predicted octanol–water partition coefficient (Wildman–Crippen LogP) is 1.71. The Morgan fingerprint density at radius 2 is 2.12 bits per heavy atom. The summed E-state index contributed by atoms with van der Waals surface area (Å²) < 4.78 is 0. The average molecular weight is 237 g/mol. The van der Waals surface area contributed by atoms with Crippen LogP contribution in [0, 0.1) is 0 Å². The molecule has 0 aliphatic heterocycles. The molecule has 1 heterocycles. The second kappa shape index (κ2) is 4.37. The highest BCUT2D eigenvalue weighted by Crippen LogP contribution is 2.20. The van der Waals surface area contributed by atoms with Crippen LogP contribution in [0.2, 0.25) is 0 Å². The van der Waals surface area contributed by atoms with Gasteiger partial charge >= 0.3 is 0 Å². The van der Waals surface area contributed by atoms with Gasteiger partial charge in [0.05, 0.1) is 11.2 Å². The predicted molar refractivity (Wildman–Crippen MR) is 63.9 cm³/mol. The second-order valence-corrected chi connectivity index (χ2v) is 3.54. The molecule has 4 nitrogen and oxygen atoms in total. The van der Waals surface area contributed by atoms with Crippen LogP contribution in [0.25, 0.3) is 10.9 Å². The number of halogens is 1. The maximum atomic E-state index is 11.2. The molecule has 0 saturated carbocycles. The van der Waals surface area contributed by atoms with E-state index >= 15 is 0 Å². The van der Waals surface area contributed by atoms with Crippen molar-refractivity contribution in [2.45, 2.75) is 0 Å². The number of alkyl halides is 1. The van der Waals surface area contributed by atoms with E-state index in [1.807, 2.05) is 0 Å². The van der Waals surface area contributed by atoms with Crippen molar-refractivity contribution in [1.82, 2.24) is 4.98 Å². The van der Waals surface area contributed by atoms with Crippen LogP contribution < -0.4 is 10.9 Å². The summed E-state index contributed by atoms with van der Waals surface area (Å²) in [6.45, 7) is 0. The Hall–Kier alpha value is -1.81. The number of fused-ring (bicyclic) bond motifs is 1. The molecule has 5 heteroatoms. The van der Waals surface area contributed by atoms with Crippen molar-refractivity contribution in [2.75, 3.05) is 11.2 Å². The zero-order valence-electron chi connectivity index (χ0n) is 8.29. The number of hydrogen-bond acceptors (Lipinski definition) is 2. The molecule has 0 radical (unpaired) electrons. The van der Waals surface area contributed by atoms with E-state index in [1.54, 1.807) is 24.3 Å². The zero-order valence-corrected chi connectivity index (χ0v) is 9.04. The Morgan fingerprint density at radius 1 is 1.31 bits per heavy atom. The van der Waals surface area contributed by atoms with Crippen LogP contribution >= 0.6 is 11.6 Å². The van der Waals surface area contributed by atoms with Gasteiger partial charge in [0.15, 0.2) is 0 Å². The van der Waals surface area contributed by atoms with Crippen molar-refractivity contribution in [3.8, 4) is 0 Å². The number of pyridine rings is 1. The summed E-state index contributed by atoms with van der Waals surface area (Å²) in [4.78, 5) is 25.0. The number of H-pyrrole nitrogens is 1. The first-order valence-electron chi connectivity index (χ1n) is 4.68. The first-order valence-corrected chi connectivity index (χ1v) is 5.22. The lowest BCUT2D eigenvalue weighted by atomic mass is 10.2. The number of aromatic amines is 1. The lowest BCUT2D eigenvalue weighted by Crippen LogP contribution is -2.13. The van der Waals surface area contributed by atoms with Gasteiger partial charge in [-0.3, -0.25) is 9.59 Å². The van der Waals surface area contributed by atoms with Gasteiger partial charge in [-0.15, -0.1) is 11.6 Å². The number of carbonyl (C=O) groups excluding carboxylic acids is 1. The maximum absolute atomic E-state index is 11.2. The molecule has 2 N–H and O–H groups in total. The number of anilines is 1. The van der Waals surface area contributed by atoms with Gasteiger partial charge < -0.3 is 10.3 Å². The molecule has 0 spiro atoms. The molecular formula is C11H9ClN2O2. The maximum Gasteiger partial charge on any atom is 0.248 e. The van der Waals surface area contributed by atoms with Crippen molar-refractivity contribution in [3.05, 3.63) is 40.7 Å². The van der Waals surface area contributed by atoms with E-state index in [9.17, 15) is 9.59 Å². The van der Waals surface area contributed by atoms with Gasteiger partial charge in [0.2, 0.25) is 11.5 Å². The Kier molecular flexibility index (Phi) is 2.92.